The third kappa shape index (κ3) is 4.23. The van der Waals surface area contributed by atoms with Gasteiger partial charge in [-0.2, -0.15) is 0 Å². The van der Waals surface area contributed by atoms with Gasteiger partial charge in [-0.15, -0.1) is 0 Å². The van der Waals surface area contributed by atoms with E-state index < -0.39 is 23.2 Å². The minimum absolute atomic E-state index is 0.172. The number of rotatable bonds is 4. The highest BCUT2D eigenvalue weighted by molar-refractivity contribution is 6.07. The number of halogens is 2. The SMILES string of the molecule is Cc1ccc(NC(=O)c2ccc(C(=O)Nc3c(F)cccc3F)cc2)cc1C. The average molecular weight is 380 g/mol. The molecular weight excluding hydrogens is 362 g/mol. The van der Waals surface area contributed by atoms with Gasteiger partial charge in [0.15, 0.2) is 0 Å². The molecule has 28 heavy (non-hydrogen) atoms. The molecule has 0 atom stereocenters. The number of hydrogen-bond acceptors (Lipinski definition) is 2. The van der Waals surface area contributed by atoms with Crippen molar-refractivity contribution < 1.29 is 18.4 Å². The van der Waals surface area contributed by atoms with Gasteiger partial charge in [0, 0.05) is 16.8 Å². The minimum Gasteiger partial charge on any atom is -0.322 e. The third-order valence-electron chi connectivity index (χ3n) is 4.38. The van der Waals surface area contributed by atoms with Crippen molar-refractivity contribution in [2.45, 2.75) is 13.8 Å². The Morgan fingerprint density at radius 3 is 1.79 bits per heavy atom. The second-order valence-electron chi connectivity index (χ2n) is 6.38. The van der Waals surface area contributed by atoms with Crippen LogP contribution in [0.15, 0.2) is 60.7 Å². The second-order valence-corrected chi connectivity index (χ2v) is 6.38. The van der Waals surface area contributed by atoms with Crippen LogP contribution in [-0.4, -0.2) is 11.8 Å². The van der Waals surface area contributed by atoms with E-state index in [2.05, 4.69) is 10.6 Å². The van der Waals surface area contributed by atoms with Gasteiger partial charge in [-0.3, -0.25) is 9.59 Å². The normalized spacial score (nSPS) is 10.4. The largest absolute Gasteiger partial charge is 0.322 e. The summed E-state index contributed by atoms with van der Waals surface area (Å²) in [5.41, 5.74) is 2.87. The number of aryl methyl sites for hydroxylation is 2. The molecule has 0 bridgehead atoms. The van der Waals surface area contributed by atoms with Crippen LogP contribution in [0.5, 0.6) is 0 Å². The lowest BCUT2D eigenvalue weighted by Gasteiger charge is -2.09. The highest BCUT2D eigenvalue weighted by Crippen LogP contribution is 2.19. The van der Waals surface area contributed by atoms with Gasteiger partial charge in [-0.25, -0.2) is 8.78 Å². The summed E-state index contributed by atoms with van der Waals surface area (Å²) in [6, 6.07) is 14.7. The van der Waals surface area contributed by atoms with Crippen LogP contribution < -0.4 is 10.6 Å². The van der Waals surface area contributed by atoms with Crippen LogP contribution in [0.4, 0.5) is 20.2 Å². The maximum Gasteiger partial charge on any atom is 0.255 e. The molecule has 0 aromatic heterocycles. The van der Waals surface area contributed by atoms with E-state index in [-0.39, 0.29) is 11.5 Å². The van der Waals surface area contributed by atoms with Gasteiger partial charge in [-0.05, 0) is 73.5 Å². The first-order valence-corrected chi connectivity index (χ1v) is 8.59. The van der Waals surface area contributed by atoms with E-state index in [1.807, 2.05) is 32.0 Å². The van der Waals surface area contributed by atoms with Gasteiger partial charge in [0.2, 0.25) is 0 Å². The molecule has 0 fully saturated rings. The number of nitrogens with one attached hydrogen (secondary N) is 2. The summed E-state index contributed by atoms with van der Waals surface area (Å²) in [7, 11) is 0. The van der Waals surface area contributed by atoms with Crippen LogP contribution in [0.2, 0.25) is 0 Å². The van der Waals surface area contributed by atoms with Gasteiger partial charge in [0.25, 0.3) is 11.8 Å². The van der Waals surface area contributed by atoms with Crippen molar-refractivity contribution in [3.8, 4) is 0 Å². The quantitative estimate of drug-likeness (QED) is 0.663. The molecule has 0 saturated heterocycles. The first kappa shape index (κ1) is 19.2. The monoisotopic (exact) mass is 380 g/mol. The molecule has 2 amide bonds. The standard InChI is InChI=1S/C22H18F2N2O2/c1-13-6-11-17(12-14(13)2)25-21(27)15-7-9-16(10-8-15)22(28)26-20-18(23)4-3-5-19(20)24/h3-12H,1-2H3,(H,25,27)(H,26,28). The fraction of sp³-hybridized carbons (Fsp3) is 0.0909. The van der Waals surface area contributed by atoms with Crippen molar-refractivity contribution in [1.82, 2.24) is 0 Å². The Morgan fingerprint density at radius 1 is 0.714 bits per heavy atom. The second kappa shape index (κ2) is 8.00. The predicted molar refractivity (Wildman–Crippen MR) is 105 cm³/mol. The van der Waals surface area contributed by atoms with Crippen molar-refractivity contribution in [2.75, 3.05) is 10.6 Å². The fourth-order valence-electron chi connectivity index (χ4n) is 2.60. The van der Waals surface area contributed by atoms with E-state index in [4.69, 9.17) is 0 Å². The molecule has 3 aromatic rings. The van der Waals surface area contributed by atoms with E-state index in [1.165, 1.54) is 30.3 Å². The average Bonchev–Trinajstić information content (AvgIpc) is 2.67. The van der Waals surface area contributed by atoms with E-state index in [9.17, 15) is 18.4 Å². The Hall–Kier alpha value is -3.54. The van der Waals surface area contributed by atoms with E-state index in [0.29, 0.717) is 11.3 Å². The van der Waals surface area contributed by atoms with E-state index in [0.717, 1.165) is 23.3 Å². The van der Waals surface area contributed by atoms with Crippen LogP contribution in [0.25, 0.3) is 0 Å². The van der Waals surface area contributed by atoms with E-state index >= 15 is 0 Å². The Balaban J connectivity index is 1.71. The molecule has 0 aliphatic carbocycles. The first-order chi connectivity index (χ1) is 13.3. The third-order valence-corrected chi connectivity index (χ3v) is 4.38. The molecule has 142 valence electrons. The zero-order chi connectivity index (χ0) is 20.3. The molecule has 0 aliphatic rings. The van der Waals surface area contributed by atoms with Crippen LogP contribution >= 0.6 is 0 Å². The molecule has 2 N–H and O–H groups in total. The number of anilines is 2. The molecule has 0 spiro atoms. The molecule has 0 radical (unpaired) electrons. The lowest BCUT2D eigenvalue weighted by Crippen LogP contribution is -2.15. The Morgan fingerprint density at radius 2 is 1.25 bits per heavy atom. The molecule has 3 aromatic carbocycles. The molecule has 3 rings (SSSR count). The number of para-hydroxylation sites is 1. The van der Waals surface area contributed by atoms with Gasteiger partial charge < -0.3 is 10.6 Å². The molecule has 0 saturated carbocycles. The lowest BCUT2D eigenvalue weighted by molar-refractivity contribution is 0.101. The minimum atomic E-state index is -0.863. The molecular formula is C22H18F2N2O2. The van der Waals surface area contributed by atoms with Crippen molar-refractivity contribution in [2.24, 2.45) is 0 Å². The van der Waals surface area contributed by atoms with Crippen molar-refractivity contribution in [3.63, 3.8) is 0 Å². The zero-order valence-corrected chi connectivity index (χ0v) is 15.3. The molecule has 4 nitrogen and oxygen atoms in total. The fourth-order valence-corrected chi connectivity index (χ4v) is 2.60. The maximum atomic E-state index is 13.6. The van der Waals surface area contributed by atoms with Gasteiger partial charge in [0.1, 0.15) is 17.3 Å². The summed E-state index contributed by atoms with van der Waals surface area (Å²) in [5, 5.41) is 5.00. The lowest BCUT2D eigenvalue weighted by atomic mass is 10.1. The number of carbonyl (C=O) groups excluding carboxylic acids is 2. The highest BCUT2D eigenvalue weighted by atomic mass is 19.1. The molecule has 0 unspecified atom stereocenters. The van der Waals surface area contributed by atoms with E-state index in [1.54, 1.807) is 0 Å². The molecule has 6 heteroatoms. The number of carbonyl (C=O) groups is 2. The number of benzene rings is 3. The summed E-state index contributed by atoms with van der Waals surface area (Å²) in [6.07, 6.45) is 0. The summed E-state index contributed by atoms with van der Waals surface area (Å²) >= 11 is 0. The Labute approximate surface area is 161 Å². The number of hydrogen-bond donors (Lipinski definition) is 2. The first-order valence-electron chi connectivity index (χ1n) is 8.59. The van der Waals surface area contributed by atoms with Crippen molar-refractivity contribution >= 4 is 23.2 Å². The summed E-state index contributed by atoms with van der Waals surface area (Å²) in [4.78, 5) is 24.6. The van der Waals surface area contributed by atoms with Crippen molar-refractivity contribution in [1.29, 1.82) is 0 Å². The molecule has 0 heterocycles. The van der Waals surface area contributed by atoms with Crippen LogP contribution in [0.3, 0.4) is 0 Å². The summed E-state index contributed by atoms with van der Waals surface area (Å²) in [5.74, 6) is -2.73. The zero-order valence-electron chi connectivity index (χ0n) is 15.3. The molecule has 0 aliphatic heterocycles. The van der Waals surface area contributed by atoms with Gasteiger partial charge in [0.05, 0.1) is 0 Å². The summed E-state index contributed by atoms with van der Waals surface area (Å²) in [6.45, 7) is 3.94. The Bertz CT molecular complexity index is 1030. The van der Waals surface area contributed by atoms with Crippen LogP contribution in [-0.2, 0) is 0 Å². The van der Waals surface area contributed by atoms with Crippen molar-refractivity contribution in [3.05, 3.63) is 94.6 Å². The predicted octanol–water partition coefficient (Wildman–Crippen LogP) is 5.09. The maximum absolute atomic E-state index is 13.6. The summed E-state index contributed by atoms with van der Waals surface area (Å²) < 4.78 is 27.3. The van der Waals surface area contributed by atoms with Gasteiger partial charge in [-0.1, -0.05) is 12.1 Å². The smallest absolute Gasteiger partial charge is 0.255 e. The topological polar surface area (TPSA) is 58.2 Å². The Kier molecular flexibility index (Phi) is 5.49. The van der Waals surface area contributed by atoms with Crippen LogP contribution in [0, 0.1) is 25.5 Å². The number of amides is 2. The van der Waals surface area contributed by atoms with Crippen LogP contribution in [0.1, 0.15) is 31.8 Å². The highest BCUT2D eigenvalue weighted by Gasteiger charge is 2.14. The van der Waals surface area contributed by atoms with Gasteiger partial charge >= 0.3 is 0 Å².